The van der Waals surface area contributed by atoms with Crippen molar-refractivity contribution in [3.05, 3.63) is 51.7 Å². The molecule has 0 radical (unpaired) electrons. The number of thiazole rings is 1. The third-order valence-electron chi connectivity index (χ3n) is 3.77. The minimum absolute atomic E-state index is 0. The average Bonchev–Trinajstić information content (AvgIpc) is 3.27. The van der Waals surface area contributed by atoms with E-state index in [1.807, 2.05) is 0 Å². The molecule has 1 aromatic heterocycles. The minimum Gasteiger partial charge on any atom is -0.350 e. The second kappa shape index (κ2) is 9.32. The summed E-state index contributed by atoms with van der Waals surface area (Å²) in [6.07, 6.45) is 4.51. The molecule has 4 nitrogen and oxygen atoms in total. The minimum atomic E-state index is -0.255. The van der Waals surface area contributed by atoms with Gasteiger partial charge in [0, 0.05) is 19.0 Å². The maximum absolute atomic E-state index is 12.9. The van der Waals surface area contributed by atoms with Gasteiger partial charge in [-0.2, -0.15) is 0 Å². The van der Waals surface area contributed by atoms with Crippen LogP contribution in [0.4, 0.5) is 4.39 Å². The average molecular weight is 392 g/mol. The number of rotatable bonds is 6. The summed E-state index contributed by atoms with van der Waals surface area (Å²) in [7, 11) is 0. The predicted octanol–water partition coefficient (Wildman–Crippen LogP) is 3.18. The molecule has 0 saturated heterocycles. The summed E-state index contributed by atoms with van der Waals surface area (Å²) in [5.41, 5.74) is 6.94. The Hall–Kier alpha value is -1.21. The Balaban J connectivity index is 0.00000144. The zero-order chi connectivity index (χ0) is 15.5. The van der Waals surface area contributed by atoms with E-state index in [0.717, 1.165) is 10.6 Å². The molecule has 1 saturated carbocycles. The number of aromatic nitrogens is 1. The van der Waals surface area contributed by atoms with Crippen LogP contribution in [-0.2, 0) is 6.42 Å². The lowest BCUT2D eigenvalue weighted by Crippen LogP contribution is -2.38. The molecular formula is C16H20Cl2FN3OS. The third kappa shape index (κ3) is 5.70. The van der Waals surface area contributed by atoms with Crippen LogP contribution >= 0.6 is 36.2 Å². The number of nitrogens with one attached hydrogen (secondary N) is 1. The fourth-order valence-electron chi connectivity index (χ4n) is 2.26. The molecule has 3 rings (SSSR count). The lowest BCUT2D eigenvalue weighted by molar-refractivity contribution is 0.0954. The van der Waals surface area contributed by atoms with Crippen molar-refractivity contribution in [2.75, 3.05) is 6.54 Å². The highest BCUT2D eigenvalue weighted by Crippen LogP contribution is 2.31. The molecule has 2 aromatic rings. The normalized spacial score (nSPS) is 14.2. The van der Waals surface area contributed by atoms with E-state index >= 15 is 0 Å². The van der Waals surface area contributed by atoms with Gasteiger partial charge in [0.1, 0.15) is 10.7 Å². The van der Waals surface area contributed by atoms with E-state index in [2.05, 4.69) is 10.3 Å². The standard InChI is InChI=1S/C16H18FN3OS.2ClH/c17-12-5-1-10(2-6-12)7-15-19-9-14(22-15)16(21)20-8-13(18)11-3-4-11;;/h1-2,5-6,9,11,13H,3-4,7-8,18H2,(H,20,21);2*1H. The lowest BCUT2D eigenvalue weighted by Gasteiger charge is -2.10. The van der Waals surface area contributed by atoms with E-state index in [1.54, 1.807) is 18.3 Å². The fraction of sp³-hybridized carbons (Fsp3) is 0.375. The molecule has 0 bridgehead atoms. The summed E-state index contributed by atoms with van der Waals surface area (Å²) in [5.74, 6) is 0.185. The zero-order valence-corrected chi connectivity index (χ0v) is 15.4. The van der Waals surface area contributed by atoms with Crippen molar-refractivity contribution in [2.24, 2.45) is 11.7 Å². The number of carbonyl (C=O) groups excluding carboxylic acids is 1. The summed E-state index contributed by atoms with van der Waals surface area (Å²) >= 11 is 1.36. The zero-order valence-electron chi connectivity index (χ0n) is 12.9. The first-order valence-electron chi connectivity index (χ1n) is 7.35. The number of carbonyl (C=O) groups is 1. The first kappa shape index (κ1) is 20.8. The van der Waals surface area contributed by atoms with E-state index < -0.39 is 0 Å². The fourth-order valence-corrected chi connectivity index (χ4v) is 3.13. The van der Waals surface area contributed by atoms with Gasteiger partial charge in [-0.1, -0.05) is 12.1 Å². The van der Waals surface area contributed by atoms with Gasteiger partial charge in [0.05, 0.1) is 11.2 Å². The Morgan fingerprint density at radius 2 is 2.00 bits per heavy atom. The van der Waals surface area contributed by atoms with Crippen LogP contribution in [0.2, 0.25) is 0 Å². The molecule has 1 aliphatic carbocycles. The van der Waals surface area contributed by atoms with Crippen LogP contribution in [0, 0.1) is 11.7 Å². The molecule has 1 aliphatic rings. The quantitative estimate of drug-likeness (QED) is 0.794. The summed E-state index contributed by atoms with van der Waals surface area (Å²) in [6.45, 7) is 0.509. The Bertz CT molecular complexity index is 662. The van der Waals surface area contributed by atoms with Crippen LogP contribution in [0.25, 0.3) is 0 Å². The van der Waals surface area contributed by atoms with Crippen molar-refractivity contribution >= 4 is 42.1 Å². The molecule has 1 heterocycles. The van der Waals surface area contributed by atoms with E-state index in [4.69, 9.17) is 5.73 Å². The van der Waals surface area contributed by atoms with Crippen molar-refractivity contribution in [3.63, 3.8) is 0 Å². The lowest BCUT2D eigenvalue weighted by atomic mass is 10.2. The maximum atomic E-state index is 12.9. The molecule has 3 N–H and O–H groups in total. The molecule has 8 heteroatoms. The number of amides is 1. The van der Waals surface area contributed by atoms with Gasteiger partial charge in [-0.3, -0.25) is 4.79 Å². The summed E-state index contributed by atoms with van der Waals surface area (Å²) in [5, 5.41) is 3.70. The summed E-state index contributed by atoms with van der Waals surface area (Å²) in [6, 6.07) is 6.36. The van der Waals surface area contributed by atoms with Crippen molar-refractivity contribution in [3.8, 4) is 0 Å². The first-order valence-corrected chi connectivity index (χ1v) is 8.16. The van der Waals surface area contributed by atoms with Gasteiger partial charge < -0.3 is 11.1 Å². The second-order valence-corrected chi connectivity index (χ2v) is 6.75. The molecule has 24 heavy (non-hydrogen) atoms. The number of benzene rings is 1. The van der Waals surface area contributed by atoms with Gasteiger partial charge in [0.2, 0.25) is 0 Å². The van der Waals surface area contributed by atoms with Crippen LogP contribution in [0.5, 0.6) is 0 Å². The molecule has 1 unspecified atom stereocenters. The van der Waals surface area contributed by atoms with Crippen molar-refractivity contribution < 1.29 is 9.18 Å². The molecule has 132 valence electrons. The largest absolute Gasteiger partial charge is 0.350 e. The van der Waals surface area contributed by atoms with E-state index in [0.29, 0.717) is 23.8 Å². The highest BCUT2D eigenvalue weighted by Gasteiger charge is 2.28. The van der Waals surface area contributed by atoms with Gasteiger partial charge in [-0.25, -0.2) is 9.37 Å². The van der Waals surface area contributed by atoms with Gasteiger partial charge in [0.15, 0.2) is 0 Å². The third-order valence-corrected chi connectivity index (χ3v) is 4.77. The topological polar surface area (TPSA) is 68.0 Å². The highest BCUT2D eigenvalue weighted by atomic mass is 35.5. The Morgan fingerprint density at radius 1 is 1.33 bits per heavy atom. The first-order chi connectivity index (χ1) is 10.6. The summed E-state index contributed by atoms with van der Waals surface area (Å²) < 4.78 is 12.9. The number of nitrogens with zero attached hydrogens (tertiary/aromatic N) is 1. The maximum Gasteiger partial charge on any atom is 0.263 e. The second-order valence-electron chi connectivity index (χ2n) is 5.63. The Kier molecular flexibility index (Phi) is 8.09. The van der Waals surface area contributed by atoms with Gasteiger partial charge >= 0.3 is 0 Å². The Labute approximate surface area is 156 Å². The van der Waals surface area contributed by atoms with Gasteiger partial charge in [-0.15, -0.1) is 36.2 Å². The van der Waals surface area contributed by atoms with Crippen LogP contribution in [0.15, 0.2) is 30.5 Å². The number of hydrogen-bond donors (Lipinski definition) is 2. The monoisotopic (exact) mass is 391 g/mol. The van der Waals surface area contributed by atoms with Crippen LogP contribution in [0.1, 0.15) is 33.1 Å². The number of hydrogen-bond acceptors (Lipinski definition) is 4. The molecule has 1 aromatic carbocycles. The molecule has 1 atom stereocenters. The van der Waals surface area contributed by atoms with Gasteiger partial charge in [0.25, 0.3) is 5.91 Å². The number of nitrogens with two attached hydrogens (primary N) is 1. The van der Waals surface area contributed by atoms with E-state index in [1.165, 1.54) is 36.3 Å². The smallest absolute Gasteiger partial charge is 0.263 e. The van der Waals surface area contributed by atoms with E-state index in [-0.39, 0.29) is 42.6 Å². The van der Waals surface area contributed by atoms with Crippen LogP contribution in [-0.4, -0.2) is 23.5 Å². The molecule has 1 fully saturated rings. The molecule has 1 amide bonds. The molecule has 0 aliphatic heterocycles. The van der Waals surface area contributed by atoms with E-state index in [9.17, 15) is 9.18 Å². The predicted molar refractivity (Wildman–Crippen MR) is 98.8 cm³/mol. The Morgan fingerprint density at radius 3 is 2.62 bits per heavy atom. The van der Waals surface area contributed by atoms with Crippen LogP contribution in [0.3, 0.4) is 0 Å². The van der Waals surface area contributed by atoms with Gasteiger partial charge in [-0.05, 0) is 36.5 Å². The molecule has 0 spiro atoms. The number of halogens is 3. The van der Waals surface area contributed by atoms with Crippen molar-refractivity contribution in [2.45, 2.75) is 25.3 Å². The SMILES string of the molecule is Cl.Cl.NC(CNC(=O)c1cnc(Cc2ccc(F)cc2)s1)C1CC1. The van der Waals surface area contributed by atoms with Crippen LogP contribution < -0.4 is 11.1 Å². The van der Waals surface area contributed by atoms with Crippen molar-refractivity contribution in [1.29, 1.82) is 0 Å². The molecular weight excluding hydrogens is 372 g/mol. The highest BCUT2D eigenvalue weighted by molar-refractivity contribution is 7.13. The summed E-state index contributed by atoms with van der Waals surface area (Å²) in [4.78, 5) is 16.9. The van der Waals surface area contributed by atoms with Crippen molar-refractivity contribution in [1.82, 2.24) is 10.3 Å².